The summed E-state index contributed by atoms with van der Waals surface area (Å²) in [6, 6.07) is 3.53. The van der Waals surface area contributed by atoms with Crippen LogP contribution in [0, 0.1) is 12.3 Å². The van der Waals surface area contributed by atoms with Gasteiger partial charge in [0, 0.05) is 19.7 Å². The summed E-state index contributed by atoms with van der Waals surface area (Å²) in [6.45, 7) is 7.52. The number of anilines is 1. The monoisotopic (exact) mass is 334 g/mol. The Hall–Kier alpha value is -2.44. The Morgan fingerprint density at radius 3 is 2.38 bits per heavy atom. The average molecular weight is 334 g/mol. The fourth-order valence-corrected chi connectivity index (χ4v) is 1.88. The molecule has 7 nitrogen and oxygen atoms in total. The number of nitrogens with zero attached hydrogens (tertiary/aromatic N) is 2. The molecule has 0 radical (unpaired) electrons. The number of aryl methyl sites for hydroxylation is 1. The third kappa shape index (κ3) is 7.71. The number of hydrogen-bond acceptors (Lipinski definition) is 4. The second-order valence-electron chi connectivity index (χ2n) is 7.03. The largest absolute Gasteiger partial charge is 0.347 e. The van der Waals surface area contributed by atoms with E-state index in [0.29, 0.717) is 12.2 Å². The predicted octanol–water partition coefficient (Wildman–Crippen LogP) is 1.34. The van der Waals surface area contributed by atoms with Crippen LogP contribution < -0.4 is 10.6 Å². The summed E-state index contributed by atoms with van der Waals surface area (Å²) in [5.74, 6) is -0.421. The molecule has 0 fully saturated rings. The number of carbonyl (C=O) groups excluding carboxylic acids is 3. The first-order chi connectivity index (χ1) is 11.1. The van der Waals surface area contributed by atoms with Crippen LogP contribution in [0.25, 0.3) is 0 Å². The summed E-state index contributed by atoms with van der Waals surface area (Å²) in [4.78, 5) is 40.9. The van der Waals surface area contributed by atoms with Crippen LogP contribution in [0.15, 0.2) is 18.3 Å². The van der Waals surface area contributed by atoms with E-state index < -0.39 is 0 Å². The van der Waals surface area contributed by atoms with Gasteiger partial charge in [-0.2, -0.15) is 0 Å². The Kier molecular flexibility index (Phi) is 6.88. The highest BCUT2D eigenvalue weighted by Crippen LogP contribution is 2.17. The van der Waals surface area contributed by atoms with Crippen molar-refractivity contribution in [2.45, 2.75) is 34.1 Å². The van der Waals surface area contributed by atoms with Crippen molar-refractivity contribution in [1.82, 2.24) is 15.2 Å². The first-order valence-corrected chi connectivity index (χ1v) is 7.80. The fourth-order valence-electron chi connectivity index (χ4n) is 1.88. The third-order valence-corrected chi connectivity index (χ3v) is 3.11. The number of aromatic nitrogens is 1. The molecule has 1 rings (SSSR count). The van der Waals surface area contributed by atoms with Crippen molar-refractivity contribution >= 4 is 23.5 Å². The zero-order chi connectivity index (χ0) is 18.3. The number of carbonyl (C=O) groups is 3. The molecule has 0 unspecified atom stereocenters. The van der Waals surface area contributed by atoms with Gasteiger partial charge in [-0.1, -0.05) is 26.8 Å². The van der Waals surface area contributed by atoms with Gasteiger partial charge in [0.15, 0.2) is 0 Å². The minimum absolute atomic E-state index is 0.108. The first-order valence-electron chi connectivity index (χ1n) is 7.80. The lowest BCUT2D eigenvalue weighted by molar-refractivity contribution is -0.134. The maximum absolute atomic E-state index is 12.0. The second-order valence-corrected chi connectivity index (χ2v) is 7.03. The molecular formula is C17H26N4O3. The lowest BCUT2D eigenvalue weighted by Gasteiger charge is -2.19. The van der Waals surface area contributed by atoms with Crippen LogP contribution in [0.5, 0.6) is 0 Å². The van der Waals surface area contributed by atoms with Gasteiger partial charge in [-0.15, -0.1) is 0 Å². The van der Waals surface area contributed by atoms with Gasteiger partial charge in [0.2, 0.25) is 17.7 Å². The molecular weight excluding hydrogens is 308 g/mol. The van der Waals surface area contributed by atoms with E-state index in [-0.39, 0.29) is 36.2 Å². The number of nitrogens with one attached hydrogen (secondary N) is 2. The summed E-state index contributed by atoms with van der Waals surface area (Å²) in [5, 5.41) is 5.19. The van der Waals surface area contributed by atoms with Gasteiger partial charge in [-0.25, -0.2) is 4.98 Å². The summed E-state index contributed by atoms with van der Waals surface area (Å²) >= 11 is 0. The first kappa shape index (κ1) is 19.6. The Labute approximate surface area is 142 Å². The predicted molar refractivity (Wildman–Crippen MR) is 92.3 cm³/mol. The van der Waals surface area contributed by atoms with Crippen LogP contribution in [-0.2, 0) is 14.4 Å². The van der Waals surface area contributed by atoms with E-state index in [1.165, 1.54) is 11.9 Å². The second kappa shape index (κ2) is 8.42. The van der Waals surface area contributed by atoms with Crippen LogP contribution in [-0.4, -0.2) is 47.7 Å². The van der Waals surface area contributed by atoms with Crippen molar-refractivity contribution in [2.24, 2.45) is 5.41 Å². The maximum Gasteiger partial charge on any atom is 0.245 e. The fraction of sp³-hybridized carbons (Fsp3) is 0.529. The topological polar surface area (TPSA) is 91.4 Å². The molecule has 3 amide bonds. The molecule has 0 saturated carbocycles. The van der Waals surface area contributed by atoms with Gasteiger partial charge in [-0.05, 0) is 24.0 Å². The minimum Gasteiger partial charge on any atom is -0.347 e. The molecule has 0 aromatic carbocycles. The van der Waals surface area contributed by atoms with E-state index in [2.05, 4.69) is 15.6 Å². The van der Waals surface area contributed by atoms with Gasteiger partial charge in [0.25, 0.3) is 0 Å². The van der Waals surface area contributed by atoms with Crippen LogP contribution in [0.1, 0.15) is 32.8 Å². The third-order valence-electron chi connectivity index (χ3n) is 3.11. The molecule has 1 heterocycles. The molecule has 7 heteroatoms. The van der Waals surface area contributed by atoms with Crippen LogP contribution in [0.2, 0.25) is 0 Å². The number of amides is 3. The van der Waals surface area contributed by atoms with Crippen LogP contribution >= 0.6 is 0 Å². The molecule has 0 aliphatic heterocycles. The summed E-state index contributed by atoms with van der Waals surface area (Å²) in [6.07, 6.45) is 1.98. The molecule has 0 aliphatic rings. The molecule has 2 N–H and O–H groups in total. The molecule has 0 spiro atoms. The molecule has 0 bridgehead atoms. The van der Waals surface area contributed by atoms with Crippen LogP contribution in [0.4, 0.5) is 5.82 Å². The van der Waals surface area contributed by atoms with E-state index in [4.69, 9.17) is 0 Å². The van der Waals surface area contributed by atoms with Crippen molar-refractivity contribution in [3.05, 3.63) is 23.9 Å². The molecule has 24 heavy (non-hydrogen) atoms. The van der Waals surface area contributed by atoms with Gasteiger partial charge in [0.1, 0.15) is 5.82 Å². The van der Waals surface area contributed by atoms with Crippen molar-refractivity contribution in [3.63, 3.8) is 0 Å². The normalized spacial score (nSPS) is 10.9. The molecule has 1 aromatic rings. The summed E-state index contributed by atoms with van der Waals surface area (Å²) in [5.41, 5.74) is 0.853. The Morgan fingerprint density at radius 2 is 1.83 bits per heavy atom. The van der Waals surface area contributed by atoms with Crippen molar-refractivity contribution in [2.75, 3.05) is 25.5 Å². The van der Waals surface area contributed by atoms with E-state index in [1.54, 1.807) is 12.3 Å². The molecule has 0 atom stereocenters. The zero-order valence-corrected chi connectivity index (χ0v) is 15.0. The smallest absolute Gasteiger partial charge is 0.245 e. The highest BCUT2D eigenvalue weighted by atomic mass is 16.2. The van der Waals surface area contributed by atoms with Crippen molar-refractivity contribution in [1.29, 1.82) is 0 Å². The minimum atomic E-state index is -0.344. The number of pyridine rings is 1. The van der Waals surface area contributed by atoms with Gasteiger partial charge in [-0.3, -0.25) is 14.4 Å². The van der Waals surface area contributed by atoms with E-state index in [1.807, 2.05) is 33.8 Å². The molecule has 1 aromatic heterocycles. The molecule has 132 valence electrons. The summed E-state index contributed by atoms with van der Waals surface area (Å²) < 4.78 is 0. The lowest BCUT2D eigenvalue weighted by Crippen LogP contribution is -2.42. The number of hydrogen-bond donors (Lipinski definition) is 2. The number of rotatable bonds is 6. The number of likely N-dealkylation sites (N-methyl/N-ethyl adjacent to an activating group) is 1. The van der Waals surface area contributed by atoms with E-state index in [0.717, 1.165) is 5.56 Å². The van der Waals surface area contributed by atoms with Gasteiger partial charge >= 0.3 is 0 Å². The van der Waals surface area contributed by atoms with Gasteiger partial charge in [0.05, 0.1) is 13.1 Å². The van der Waals surface area contributed by atoms with E-state index >= 15 is 0 Å². The standard InChI is InChI=1S/C17H26N4O3/c1-12-6-7-13(18-9-12)20-15(23)11-21(5)16(24)10-19-14(22)8-17(2,3)4/h6-7,9H,8,10-11H2,1-5H3,(H,19,22)(H,18,20,23). The Balaban J connectivity index is 2.39. The SMILES string of the molecule is Cc1ccc(NC(=O)CN(C)C(=O)CNC(=O)CC(C)(C)C)nc1. The maximum atomic E-state index is 12.0. The molecule has 0 aliphatic carbocycles. The van der Waals surface area contributed by atoms with Gasteiger partial charge < -0.3 is 15.5 Å². The lowest BCUT2D eigenvalue weighted by atomic mass is 9.92. The quantitative estimate of drug-likeness (QED) is 0.821. The van der Waals surface area contributed by atoms with Crippen LogP contribution in [0.3, 0.4) is 0 Å². The Bertz CT molecular complexity index is 591. The van der Waals surface area contributed by atoms with Crippen molar-refractivity contribution < 1.29 is 14.4 Å². The zero-order valence-electron chi connectivity index (χ0n) is 15.0. The summed E-state index contributed by atoms with van der Waals surface area (Å²) in [7, 11) is 1.51. The Morgan fingerprint density at radius 1 is 1.17 bits per heavy atom. The average Bonchev–Trinajstić information content (AvgIpc) is 2.45. The van der Waals surface area contributed by atoms with E-state index in [9.17, 15) is 14.4 Å². The molecule has 0 saturated heterocycles. The van der Waals surface area contributed by atoms with Crippen molar-refractivity contribution in [3.8, 4) is 0 Å². The highest BCUT2D eigenvalue weighted by molar-refractivity contribution is 5.94. The highest BCUT2D eigenvalue weighted by Gasteiger charge is 2.18.